The van der Waals surface area contributed by atoms with Crippen LogP contribution in [0.15, 0.2) is 35.4 Å². The van der Waals surface area contributed by atoms with Crippen LogP contribution in [0, 0.1) is 0 Å². The first-order chi connectivity index (χ1) is 15.6. The van der Waals surface area contributed by atoms with E-state index < -0.39 is 15.4 Å². The largest absolute Gasteiger partial charge is 0.381 e. The highest BCUT2D eigenvalue weighted by molar-refractivity contribution is 7.90. The molecule has 1 unspecified atom stereocenters. The molecule has 2 N–H and O–H groups in total. The third kappa shape index (κ3) is 4.96. The van der Waals surface area contributed by atoms with Gasteiger partial charge in [0.15, 0.2) is 9.84 Å². The molecular formula is C23H31N5O4S. The molecule has 1 saturated heterocycles. The topological polar surface area (TPSA) is 114 Å². The Morgan fingerprint density at radius 2 is 2.00 bits per heavy atom. The van der Waals surface area contributed by atoms with Crippen LogP contribution < -0.4 is 10.6 Å². The Bertz CT molecular complexity index is 1150. The molecule has 0 saturated carbocycles. The summed E-state index contributed by atoms with van der Waals surface area (Å²) < 4.78 is 29.2. The molecule has 2 aromatic rings. The van der Waals surface area contributed by atoms with E-state index in [1.54, 1.807) is 29.3 Å². The minimum Gasteiger partial charge on any atom is -0.381 e. The number of fused-ring (bicyclic) bond motifs is 1. The molecule has 2 aliphatic heterocycles. The molecule has 0 spiro atoms. The van der Waals surface area contributed by atoms with E-state index in [2.05, 4.69) is 15.6 Å². The van der Waals surface area contributed by atoms with Crippen LogP contribution in [0.4, 0.5) is 10.7 Å². The first-order valence-corrected chi connectivity index (χ1v) is 13.0. The second-order valence-electron chi connectivity index (χ2n) is 9.25. The summed E-state index contributed by atoms with van der Waals surface area (Å²) in [5.41, 5.74) is 1.89. The van der Waals surface area contributed by atoms with Crippen molar-refractivity contribution < 1.29 is 17.9 Å². The number of hydrogen-bond donors (Lipinski definition) is 2. The number of rotatable bonds is 5. The Labute approximate surface area is 194 Å². The fourth-order valence-electron chi connectivity index (χ4n) is 4.32. The number of anilines is 1. The summed E-state index contributed by atoms with van der Waals surface area (Å²) in [6.07, 6.45) is 4.81. The molecule has 33 heavy (non-hydrogen) atoms. The SMILES string of the molecule is CC(NC(=O)N1Cc2nc(NC3CCOCC3)ncc2C1(C)C)c1cccc(S(C)(=O)=O)c1. The van der Waals surface area contributed by atoms with Crippen LogP contribution in [-0.2, 0) is 26.7 Å². The van der Waals surface area contributed by atoms with Crippen LogP contribution in [0.25, 0.3) is 0 Å². The lowest BCUT2D eigenvalue weighted by atomic mass is 9.97. The number of urea groups is 1. The maximum atomic E-state index is 13.2. The van der Waals surface area contributed by atoms with Crippen LogP contribution in [0.5, 0.6) is 0 Å². The summed E-state index contributed by atoms with van der Waals surface area (Å²) in [7, 11) is -3.32. The maximum Gasteiger partial charge on any atom is 0.318 e. The van der Waals surface area contributed by atoms with Crippen LogP contribution in [0.1, 0.15) is 56.5 Å². The minimum atomic E-state index is -3.32. The number of nitrogens with zero attached hydrogens (tertiary/aromatic N) is 3. The summed E-state index contributed by atoms with van der Waals surface area (Å²) in [4.78, 5) is 24.4. The van der Waals surface area contributed by atoms with Crippen LogP contribution >= 0.6 is 0 Å². The van der Waals surface area contributed by atoms with Gasteiger partial charge < -0.3 is 20.3 Å². The predicted molar refractivity (Wildman–Crippen MR) is 125 cm³/mol. The lowest BCUT2D eigenvalue weighted by Crippen LogP contribution is -2.46. The van der Waals surface area contributed by atoms with Gasteiger partial charge in [0.1, 0.15) is 0 Å². The quantitative estimate of drug-likeness (QED) is 0.686. The first-order valence-electron chi connectivity index (χ1n) is 11.1. The monoisotopic (exact) mass is 473 g/mol. The highest BCUT2D eigenvalue weighted by atomic mass is 32.2. The van der Waals surface area contributed by atoms with Crippen LogP contribution in [0.3, 0.4) is 0 Å². The molecule has 3 heterocycles. The van der Waals surface area contributed by atoms with Gasteiger partial charge in [0.05, 0.1) is 28.7 Å². The molecule has 1 fully saturated rings. The van der Waals surface area contributed by atoms with Crippen molar-refractivity contribution in [3.8, 4) is 0 Å². The van der Waals surface area contributed by atoms with E-state index in [9.17, 15) is 13.2 Å². The number of hydrogen-bond acceptors (Lipinski definition) is 7. The van der Waals surface area contributed by atoms with Gasteiger partial charge in [-0.2, -0.15) is 0 Å². The van der Waals surface area contributed by atoms with Gasteiger partial charge in [0, 0.05) is 37.3 Å². The van der Waals surface area contributed by atoms with Gasteiger partial charge in [-0.05, 0) is 51.3 Å². The molecular weight excluding hydrogens is 442 g/mol. The van der Waals surface area contributed by atoms with E-state index in [1.807, 2.05) is 26.8 Å². The molecule has 2 aliphatic rings. The number of amides is 2. The fourth-order valence-corrected chi connectivity index (χ4v) is 5.00. The highest BCUT2D eigenvalue weighted by Gasteiger charge is 2.42. The molecule has 0 radical (unpaired) electrons. The van der Waals surface area contributed by atoms with E-state index >= 15 is 0 Å². The van der Waals surface area contributed by atoms with Crippen molar-refractivity contribution in [2.24, 2.45) is 0 Å². The van der Waals surface area contributed by atoms with Gasteiger partial charge in [0.2, 0.25) is 5.95 Å². The van der Waals surface area contributed by atoms with Gasteiger partial charge in [-0.15, -0.1) is 0 Å². The first kappa shape index (κ1) is 23.4. The molecule has 10 heteroatoms. The van der Waals surface area contributed by atoms with Gasteiger partial charge >= 0.3 is 6.03 Å². The van der Waals surface area contributed by atoms with Crippen molar-refractivity contribution in [1.29, 1.82) is 0 Å². The van der Waals surface area contributed by atoms with E-state index in [0.29, 0.717) is 12.5 Å². The fraction of sp³-hybridized carbons (Fsp3) is 0.522. The van der Waals surface area contributed by atoms with Crippen molar-refractivity contribution in [3.05, 3.63) is 47.3 Å². The zero-order valence-corrected chi connectivity index (χ0v) is 20.3. The van der Waals surface area contributed by atoms with Crippen molar-refractivity contribution in [3.63, 3.8) is 0 Å². The second kappa shape index (κ2) is 8.90. The summed E-state index contributed by atoms with van der Waals surface area (Å²) in [6.45, 7) is 7.62. The normalized spacial score (nSPS) is 19.1. The van der Waals surface area contributed by atoms with Crippen molar-refractivity contribution in [2.45, 2.75) is 62.7 Å². The lowest BCUT2D eigenvalue weighted by Gasteiger charge is -2.33. The second-order valence-corrected chi connectivity index (χ2v) is 11.3. The van der Waals surface area contributed by atoms with E-state index in [-0.39, 0.29) is 23.0 Å². The van der Waals surface area contributed by atoms with Gasteiger partial charge in [-0.3, -0.25) is 0 Å². The highest BCUT2D eigenvalue weighted by Crippen LogP contribution is 2.38. The molecule has 2 amide bonds. The zero-order valence-electron chi connectivity index (χ0n) is 19.5. The molecule has 0 bridgehead atoms. The molecule has 4 rings (SSSR count). The Morgan fingerprint density at radius 1 is 1.27 bits per heavy atom. The summed E-state index contributed by atoms with van der Waals surface area (Å²) >= 11 is 0. The number of nitrogens with one attached hydrogen (secondary N) is 2. The third-order valence-corrected chi connectivity index (χ3v) is 7.55. The Balaban J connectivity index is 1.47. The smallest absolute Gasteiger partial charge is 0.318 e. The average molecular weight is 474 g/mol. The van der Waals surface area contributed by atoms with Crippen molar-refractivity contribution >= 4 is 21.8 Å². The summed E-state index contributed by atoms with van der Waals surface area (Å²) in [5, 5.41) is 6.38. The van der Waals surface area contributed by atoms with Crippen molar-refractivity contribution in [1.82, 2.24) is 20.2 Å². The summed E-state index contributed by atoms with van der Waals surface area (Å²) in [6, 6.07) is 6.33. The molecule has 0 aliphatic carbocycles. The number of carbonyl (C=O) groups excluding carboxylic acids is 1. The zero-order chi connectivity index (χ0) is 23.8. The number of aromatic nitrogens is 2. The third-order valence-electron chi connectivity index (χ3n) is 6.44. The van der Waals surface area contributed by atoms with Crippen LogP contribution in [0.2, 0.25) is 0 Å². The molecule has 1 aromatic heterocycles. The number of ether oxygens (including phenoxy) is 1. The molecule has 1 aromatic carbocycles. The van der Waals surface area contributed by atoms with E-state index in [4.69, 9.17) is 9.72 Å². The predicted octanol–water partition coefficient (Wildman–Crippen LogP) is 2.99. The van der Waals surface area contributed by atoms with E-state index in [1.165, 1.54) is 6.26 Å². The molecule has 9 nitrogen and oxygen atoms in total. The number of benzene rings is 1. The Hall–Kier alpha value is -2.72. The summed E-state index contributed by atoms with van der Waals surface area (Å²) in [5.74, 6) is 0.574. The number of carbonyl (C=O) groups is 1. The minimum absolute atomic E-state index is 0.231. The van der Waals surface area contributed by atoms with Gasteiger partial charge in [-0.1, -0.05) is 12.1 Å². The van der Waals surface area contributed by atoms with Gasteiger partial charge in [0.25, 0.3) is 0 Å². The Morgan fingerprint density at radius 3 is 2.70 bits per heavy atom. The van der Waals surface area contributed by atoms with Crippen molar-refractivity contribution in [2.75, 3.05) is 24.8 Å². The van der Waals surface area contributed by atoms with Crippen LogP contribution in [-0.4, -0.2) is 54.8 Å². The lowest BCUT2D eigenvalue weighted by molar-refractivity contribution is 0.0903. The standard InChI is InChI=1S/C23H31N5O4S/c1-15(16-6-5-7-18(12-16)33(4,30)31)25-22(29)28-14-20-19(23(28,2)3)13-24-21(27-20)26-17-8-10-32-11-9-17/h5-7,12-13,15,17H,8-11,14H2,1-4H3,(H,25,29)(H,24,26,27). The average Bonchev–Trinajstić information content (AvgIpc) is 3.04. The molecule has 178 valence electrons. The van der Waals surface area contributed by atoms with Gasteiger partial charge in [-0.25, -0.2) is 23.2 Å². The van der Waals surface area contributed by atoms with E-state index in [0.717, 1.165) is 42.9 Å². The Kier molecular flexibility index (Phi) is 6.32. The molecule has 1 atom stereocenters. The maximum absolute atomic E-state index is 13.2. The number of sulfone groups is 1.